The topological polar surface area (TPSA) is 35.6 Å². The molecular weight excluding hydrogens is 238 g/mol. The Balaban J connectivity index is 2.30. The minimum Gasteiger partial charge on any atom is -0.328 e. The third kappa shape index (κ3) is 6.25. The number of urea groups is 1. The zero-order valence-electron chi connectivity index (χ0n) is 12.4. The molecule has 0 unspecified atom stereocenters. The van der Waals surface area contributed by atoms with Crippen LogP contribution >= 0.6 is 0 Å². The summed E-state index contributed by atoms with van der Waals surface area (Å²) >= 11 is 0. The van der Waals surface area contributed by atoms with E-state index in [4.69, 9.17) is 0 Å². The molecule has 19 heavy (non-hydrogen) atoms. The highest BCUT2D eigenvalue weighted by atomic mass is 16.2. The van der Waals surface area contributed by atoms with Crippen molar-refractivity contribution in [3.05, 3.63) is 29.8 Å². The van der Waals surface area contributed by atoms with Crippen LogP contribution in [-0.4, -0.2) is 50.1 Å². The Morgan fingerprint density at radius 3 is 2.21 bits per heavy atom. The van der Waals surface area contributed by atoms with E-state index in [1.807, 2.05) is 38.2 Å². The van der Waals surface area contributed by atoms with Crippen molar-refractivity contribution in [2.45, 2.75) is 19.8 Å². The molecule has 0 aromatic heterocycles. The number of carbonyl (C=O) groups is 1. The summed E-state index contributed by atoms with van der Waals surface area (Å²) in [5.41, 5.74) is 2.03. The molecule has 0 saturated heterocycles. The number of nitrogens with zero attached hydrogens (tertiary/aromatic N) is 2. The summed E-state index contributed by atoms with van der Waals surface area (Å²) in [5, 5.41) is 2.90. The molecule has 1 aromatic carbocycles. The highest BCUT2D eigenvalue weighted by Crippen LogP contribution is 2.09. The first kappa shape index (κ1) is 15.5. The number of anilines is 1. The van der Waals surface area contributed by atoms with Gasteiger partial charge in [-0.1, -0.05) is 17.7 Å². The van der Waals surface area contributed by atoms with Gasteiger partial charge in [0, 0.05) is 19.3 Å². The van der Waals surface area contributed by atoms with Crippen LogP contribution in [0.5, 0.6) is 0 Å². The van der Waals surface area contributed by atoms with Crippen LogP contribution in [0.1, 0.15) is 18.4 Å². The number of amides is 2. The van der Waals surface area contributed by atoms with E-state index in [1.165, 1.54) is 5.56 Å². The van der Waals surface area contributed by atoms with Gasteiger partial charge in [-0.25, -0.2) is 4.79 Å². The molecule has 1 N–H and O–H groups in total. The van der Waals surface area contributed by atoms with Gasteiger partial charge in [-0.3, -0.25) is 0 Å². The second-order valence-corrected chi connectivity index (χ2v) is 5.23. The molecule has 0 atom stereocenters. The molecule has 2 amide bonds. The van der Waals surface area contributed by atoms with Crippen molar-refractivity contribution in [1.29, 1.82) is 0 Å². The number of rotatable bonds is 6. The maximum absolute atomic E-state index is 11.9. The van der Waals surface area contributed by atoms with Crippen LogP contribution in [0.15, 0.2) is 24.3 Å². The average molecular weight is 263 g/mol. The predicted octanol–water partition coefficient (Wildman–Crippen LogP) is 2.80. The lowest BCUT2D eigenvalue weighted by Gasteiger charge is -2.18. The smallest absolute Gasteiger partial charge is 0.321 e. The Morgan fingerprint density at radius 2 is 1.63 bits per heavy atom. The second kappa shape index (κ2) is 7.79. The number of hydrogen-bond donors (Lipinski definition) is 1. The van der Waals surface area contributed by atoms with Gasteiger partial charge in [0.05, 0.1) is 0 Å². The molecule has 4 nitrogen and oxygen atoms in total. The molecular formula is C15H25N3O. The van der Waals surface area contributed by atoms with Gasteiger partial charge in [-0.2, -0.15) is 0 Å². The predicted molar refractivity (Wildman–Crippen MR) is 80.6 cm³/mol. The van der Waals surface area contributed by atoms with Gasteiger partial charge in [-0.05, 0) is 52.5 Å². The number of aryl methyl sites for hydroxylation is 1. The Bertz CT molecular complexity index is 387. The molecule has 106 valence electrons. The molecule has 0 bridgehead atoms. The number of hydrogen-bond acceptors (Lipinski definition) is 2. The third-order valence-corrected chi connectivity index (χ3v) is 3.00. The summed E-state index contributed by atoms with van der Waals surface area (Å²) in [6.07, 6.45) is 2.13. The summed E-state index contributed by atoms with van der Waals surface area (Å²) < 4.78 is 0. The van der Waals surface area contributed by atoms with Crippen LogP contribution in [0.25, 0.3) is 0 Å². The Labute approximate surface area is 116 Å². The standard InChI is InChI=1S/C15H25N3O/c1-13-7-9-14(10-8-13)16-15(19)18(4)12-6-5-11-17(2)3/h7-10H,5-6,11-12H2,1-4H3,(H,16,19). The number of benzene rings is 1. The van der Waals surface area contributed by atoms with Crippen LogP contribution in [0.2, 0.25) is 0 Å². The number of nitrogens with one attached hydrogen (secondary N) is 1. The van der Waals surface area contributed by atoms with Crippen molar-refractivity contribution >= 4 is 11.7 Å². The lowest BCUT2D eigenvalue weighted by atomic mass is 10.2. The normalized spacial score (nSPS) is 10.6. The Morgan fingerprint density at radius 1 is 1.05 bits per heavy atom. The summed E-state index contributed by atoms with van der Waals surface area (Å²) in [7, 11) is 5.96. The first-order valence-corrected chi connectivity index (χ1v) is 6.72. The lowest BCUT2D eigenvalue weighted by molar-refractivity contribution is 0.221. The van der Waals surface area contributed by atoms with Gasteiger partial charge in [0.1, 0.15) is 0 Å². The van der Waals surface area contributed by atoms with E-state index in [0.717, 1.165) is 31.6 Å². The zero-order chi connectivity index (χ0) is 14.3. The van der Waals surface area contributed by atoms with Crippen LogP contribution in [-0.2, 0) is 0 Å². The summed E-state index contributed by atoms with van der Waals surface area (Å²) in [6.45, 7) is 3.88. The fourth-order valence-corrected chi connectivity index (χ4v) is 1.73. The summed E-state index contributed by atoms with van der Waals surface area (Å²) in [6, 6.07) is 7.79. The van der Waals surface area contributed by atoms with E-state index >= 15 is 0 Å². The van der Waals surface area contributed by atoms with E-state index in [-0.39, 0.29) is 6.03 Å². The van der Waals surface area contributed by atoms with Gasteiger partial charge in [0.2, 0.25) is 0 Å². The van der Waals surface area contributed by atoms with E-state index in [2.05, 4.69) is 24.3 Å². The van der Waals surface area contributed by atoms with Crippen molar-refractivity contribution in [3.8, 4) is 0 Å². The molecule has 0 radical (unpaired) electrons. The van der Waals surface area contributed by atoms with Gasteiger partial charge in [-0.15, -0.1) is 0 Å². The van der Waals surface area contributed by atoms with Gasteiger partial charge in [0.25, 0.3) is 0 Å². The van der Waals surface area contributed by atoms with Crippen molar-refractivity contribution in [2.24, 2.45) is 0 Å². The molecule has 0 heterocycles. The molecule has 1 aromatic rings. The van der Waals surface area contributed by atoms with Crippen molar-refractivity contribution in [2.75, 3.05) is 39.5 Å². The number of unbranched alkanes of at least 4 members (excludes halogenated alkanes) is 1. The SMILES string of the molecule is Cc1ccc(NC(=O)N(C)CCCCN(C)C)cc1. The highest BCUT2D eigenvalue weighted by molar-refractivity contribution is 5.89. The summed E-state index contributed by atoms with van der Waals surface area (Å²) in [4.78, 5) is 15.8. The van der Waals surface area contributed by atoms with Gasteiger partial charge < -0.3 is 15.1 Å². The Kier molecular flexibility index (Phi) is 6.36. The first-order chi connectivity index (χ1) is 8.99. The van der Waals surface area contributed by atoms with Crippen molar-refractivity contribution < 1.29 is 4.79 Å². The fraction of sp³-hybridized carbons (Fsp3) is 0.533. The van der Waals surface area contributed by atoms with Crippen LogP contribution < -0.4 is 5.32 Å². The quantitative estimate of drug-likeness (QED) is 0.801. The molecule has 0 saturated carbocycles. The first-order valence-electron chi connectivity index (χ1n) is 6.72. The van der Waals surface area contributed by atoms with Crippen LogP contribution in [0.4, 0.5) is 10.5 Å². The van der Waals surface area contributed by atoms with Gasteiger partial charge in [0.15, 0.2) is 0 Å². The summed E-state index contributed by atoms with van der Waals surface area (Å²) in [5.74, 6) is 0. The van der Waals surface area contributed by atoms with E-state index in [1.54, 1.807) is 4.90 Å². The largest absolute Gasteiger partial charge is 0.328 e. The van der Waals surface area contributed by atoms with Crippen molar-refractivity contribution in [1.82, 2.24) is 9.80 Å². The Hall–Kier alpha value is -1.55. The maximum Gasteiger partial charge on any atom is 0.321 e. The van der Waals surface area contributed by atoms with E-state index in [9.17, 15) is 4.79 Å². The molecule has 1 rings (SSSR count). The van der Waals surface area contributed by atoms with Crippen molar-refractivity contribution in [3.63, 3.8) is 0 Å². The molecule has 0 aliphatic rings. The second-order valence-electron chi connectivity index (χ2n) is 5.23. The monoisotopic (exact) mass is 263 g/mol. The molecule has 0 fully saturated rings. The lowest BCUT2D eigenvalue weighted by Crippen LogP contribution is -2.32. The van der Waals surface area contributed by atoms with Crippen LogP contribution in [0.3, 0.4) is 0 Å². The van der Waals surface area contributed by atoms with Crippen LogP contribution in [0, 0.1) is 6.92 Å². The van der Waals surface area contributed by atoms with E-state index in [0.29, 0.717) is 0 Å². The molecule has 0 aliphatic heterocycles. The zero-order valence-corrected chi connectivity index (χ0v) is 12.4. The minimum atomic E-state index is -0.0475. The number of carbonyl (C=O) groups excluding carboxylic acids is 1. The maximum atomic E-state index is 11.9. The van der Waals surface area contributed by atoms with E-state index < -0.39 is 0 Å². The molecule has 0 spiro atoms. The minimum absolute atomic E-state index is 0.0475. The molecule has 0 aliphatic carbocycles. The van der Waals surface area contributed by atoms with Gasteiger partial charge >= 0.3 is 6.03 Å². The highest BCUT2D eigenvalue weighted by Gasteiger charge is 2.07. The third-order valence-electron chi connectivity index (χ3n) is 3.00. The fourth-order valence-electron chi connectivity index (χ4n) is 1.73. The average Bonchev–Trinajstić information content (AvgIpc) is 2.36. The molecule has 4 heteroatoms.